The molecular formula is C20H22N2O4. The van der Waals surface area contributed by atoms with Crippen LogP contribution >= 0.6 is 0 Å². The Bertz CT molecular complexity index is 750. The van der Waals surface area contributed by atoms with Crippen molar-refractivity contribution in [2.24, 2.45) is 0 Å². The zero-order valence-electron chi connectivity index (χ0n) is 14.7. The van der Waals surface area contributed by atoms with Gasteiger partial charge in [0.25, 0.3) is 11.8 Å². The van der Waals surface area contributed by atoms with E-state index in [1.54, 1.807) is 29.2 Å². The van der Waals surface area contributed by atoms with Crippen LogP contribution in [-0.4, -0.2) is 49.6 Å². The maximum Gasteiger partial charge on any atom is 0.262 e. The molecule has 2 aromatic carbocycles. The third-order valence-electron chi connectivity index (χ3n) is 4.10. The Morgan fingerprint density at radius 3 is 2.35 bits per heavy atom. The van der Waals surface area contributed by atoms with Crippen LogP contribution in [0.25, 0.3) is 0 Å². The largest absolute Gasteiger partial charge is 0.484 e. The Labute approximate surface area is 152 Å². The van der Waals surface area contributed by atoms with E-state index in [-0.39, 0.29) is 18.4 Å². The van der Waals surface area contributed by atoms with Crippen molar-refractivity contribution in [2.75, 3.05) is 38.2 Å². The van der Waals surface area contributed by atoms with Crippen LogP contribution < -0.4 is 10.1 Å². The lowest BCUT2D eigenvalue weighted by Gasteiger charge is -2.26. The Kier molecular flexibility index (Phi) is 5.86. The molecule has 2 aromatic rings. The summed E-state index contributed by atoms with van der Waals surface area (Å²) in [6, 6.07) is 14.4. The van der Waals surface area contributed by atoms with Crippen LogP contribution in [0.1, 0.15) is 15.9 Å². The molecule has 136 valence electrons. The number of nitrogens with zero attached hydrogens (tertiary/aromatic N) is 1. The summed E-state index contributed by atoms with van der Waals surface area (Å²) < 4.78 is 10.7. The van der Waals surface area contributed by atoms with E-state index in [9.17, 15) is 9.59 Å². The highest BCUT2D eigenvalue weighted by molar-refractivity contribution is 5.94. The summed E-state index contributed by atoms with van der Waals surface area (Å²) in [6.07, 6.45) is 0. The van der Waals surface area contributed by atoms with Crippen LogP contribution in [-0.2, 0) is 9.53 Å². The quantitative estimate of drug-likeness (QED) is 0.896. The summed E-state index contributed by atoms with van der Waals surface area (Å²) >= 11 is 0. The summed E-state index contributed by atoms with van der Waals surface area (Å²) in [4.78, 5) is 26.1. The molecular weight excluding hydrogens is 332 g/mol. The van der Waals surface area contributed by atoms with Crippen molar-refractivity contribution in [1.29, 1.82) is 0 Å². The van der Waals surface area contributed by atoms with Crippen LogP contribution in [0, 0.1) is 6.92 Å². The van der Waals surface area contributed by atoms with Gasteiger partial charge < -0.3 is 19.7 Å². The summed E-state index contributed by atoms with van der Waals surface area (Å²) in [5.41, 5.74) is 2.46. The topological polar surface area (TPSA) is 67.9 Å². The number of hydrogen-bond donors (Lipinski definition) is 1. The van der Waals surface area contributed by atoms with Gasteiger partial charge in [-0.3, -0.25) is 9.59 Å². The standard InChI is InChI=1S/C20H22N2O4/c1-15-2-6-17(7-3-15)21-19(23)14-26-18-8-4-16(5-9-18)20(24)22-10-12-25-13-11-22/h2-9H,10-14H2,1H3,(H,21,23). The number of anilines is 1. The first-order valence-electron chi connectivity index (χ1n) is 8.58. The van der Waals surface area contributed by atoms with Crippen LogP contribution in [0.5, 0.6) is 5.75 Å². The highest BCUT2D eigenvalue weighted by Crippen LogP contribution is 2.15. The molecule has 0 atom stereocenters. The van der Waals surface area contributed by atoms with Gasteiger partial charge in [0.15, 0.2) is 6.61 Å². The van der Waals surface area contributed by atoms with Crippen molar-refractivity contribution in [3.05, 3.63) is 59.7 Å². The van der Waals surface area contributed by atoms with E-state index in [0.29, 0.717) is 37.6 Å². The number of benzene rings is 2. The zero-order chi connectivity index (χ0) is 18.4. The van der Waals surface area contributed by atoms with Crippen molar-refractivity contribution < 1.29 is 19.1 Å². The van der Waals surface area contributed by atoms with Crippen molar-refractivity contribution in [3.63, 3.8) is 0 Å². The molecule has 2 amide bonds. The monoisotopic (exact) mass is 354 g/mol. The number of hydrogen-bond acceptors (Lipinski definition) is 4. The van der Waals surface area contributed by atoms with Crippen LogP contribution in [0.15, 0.2) is 48.5 Å². The van der Waals surface area contributed by atoms with Crippen molar-refractivity contribution in [1.82, 2.24) is 4.90 Å². The van der Waals surface area contributed by atoms with Crippen molar-refractivity contribution >= 4 is 17.5 Å². The molecule has 1 aliphatic heterocycles. The normalized spacial score (nSPS) is 14.0. The van der Waals surface area contributed by atoms with Gasteiger partial charge in [-0.1, -0.05) is 17.7 Å². The molecule has 0 bridgehead atoms. The first-order chi connectivity index (χ1) is 12.6. The number of aryl methyl sites for hydroxylation is 1. The van der Waals surface area contributed by atoms with Gasteiger partial charge in [-0.05, 0) is 43.3 Å². The number of amides is 2. The highest BCUT2D eigenvalue weighted by Gasteiger charge is 2.18. The van der Waals surface area contributed by atoms with Gasteiger partial charge in [0.2, 0.25) is 0 Å². The smallest absolute Gasteiger partial charge is 0.262 e. The zero-order valence-corrected chi connectivity index (χ0v) is 14.7. The van der Waals surface area contributed by atoms with Crippen molar-refractivity contribution in [2.45, 2.75) is 6.92 Å². The number of ether oxygens (including phenoxy) is 2. The highest BCUT2D eigenvalue weighted by atomic mass is 16.5. The molecule has 0 saturated carbocycles. The van der Waals surface area contributed by atoms with E-state index in [4.69, 9.17) is 9.47 Å². The van der Waals surface area contributed by atoms with E-state index in [2.05, 4.69) is 5.32 Å². The summed E-state index contributed by atoms with van der Waals surface area (Å²) in [6.45, 7) is 4.26. The maximum absolute atomic E-state index is 12.4. The second-order valence-corrected chi connectivity index (χ2v) is 6.13. The summed E-state index contributed by atoms with van der Waals surface area (Å²) in [5.74, 6) is 0.293. The van der Waals surface area contributed by atoms with Gasteiger partial charge in [-0.15, -0.1) is 0 Å². The molecule has 26 heavy (non-hydrogen) atoms. The van der Waals surface area contributed by atoms with E-state index in [1.165, 1.54) is 0 Å². The first-order valence-corrected chi connectivity index (χ1v) is 8.58. The molecule has 1 fully saturated rings. The molecule has 3 rings (SSSR count). The van der Waals surface area contributed by atoms with Crippen LogP contribution in [0.4, 0.5) is 5.69 Å². The lowest BCUT2D eigenvalue weighted by atomic mass is 10.2. The number of morpholine rings is 1. The second kappa shape index (κ2) is 8.49. The van der Waals surface area contributed by atoms with Gasteiger partial charge in [0.1, 0.15) is 5.75 Å². The fraction of sp³-hybridized carbons (Fsp3) is 0.300. The Balaban J connectivity index is 1.50. The van der Waals surface area contributed by atoms with Crippen LogP contribution in [0.3, 0.4) is 0 Å². The molecule has 1 heterocycles. The van der Waals surface area contributed by atoms with Gasteiger partial charge >= 0.3 is 0 Å². The Hall–Kier alpha value is -2.86. The number of carbonyl (C=O) groups is 2. The van der Waals surface area contributed by atoms with Gasteiger partial charge in [-0.2, -0.15) is 0 Å². The molecule has 1 N–H and O–H groups in total. The van der Waals surface area contributed by atoms with Gasteiger partial charge in [0, 0.05) is 24.3 Å². The van der Waals surface area contributed by atoms with E-state index < -0.39 is 0 Å². The van der Waals surface area contributed by atoms with Crippen molar-refractivity contribution in [3.8, 4) is 5.75 Å². The molecule has 1 aliphatic rings. The SMILES string of the molecule is Cc1ccc(NC(=O)COc2ccc(C(=O)N3CCOCC3)cc2)cc1. The number of carbonyl (C=O) groups excluding carboxylic acids is 2. The third-order valence-corrected chi connectivity index (χ3v) is 4.10. The maximum atomic E-state index is 12.4. The summed E-state index contributed by atoms with van der Waals surface area (Å²) in [5, 5.41) is 2.78. The van der Waals surface area contributed by atoms with Gasteiger partial charge in [-0.25, -0.2) is 0 Å². The molecule has 6 nitrogen and oxygen atoms in total. The van der Waals surface area contributed by atoms with Gasteiger partial charge in [0.05, 0.1) is 13.2 Å². The molecule has 0 aromatic heterocycles. The fourth-order valence-electron chi connectivity index (χ4n) is 2.63. The first kappa shape index (κ1) is 17.9. The van der Waals surface area contributed by atoms with E-state index >= 15 is 0 Å². The molecule has 1 saturated heterocycles. The molecule has 0 unspecified atom stereocenters. The summed E-state index contributed by atoms with van der Waals surface area (Å²) in [7, 11) is 0. The van der Waals surface area contributed by atoms with E-state index in [1.807, 2.05) is 31.2 Å². The molecule has 0 aliphatic carbocycles. The lowest BCUT2D eigenvalue weighted by molar-refractivity contribution is -0.118. The fourth-order valence-corrected chi connectivity index (χ4v) is 2.63. The number of nitrogens with one attached hydrogen (secondary N) is 1. The lowest BCUT2D eigenvalue weighted by Crippen LogP contribution is -2.40. The molecule has 6 heteroatoms. The third kappa shape index (κ3) is 4.83. The van der Waals surface area contributed by atoms with Crippen LogP contribution in [0.2, 0.25) is 0 Å². The Morgan fingerprint density at radius 1 is 1.04 bits per heavy atom. The van der Waals surface area contributed by atoms with E-state index in [0.717, 1.165) is 11.3 Å². The predicted molar refractivity (Wildman–Crippen MR) is 98.5 cm³/mol. The molecule has 0 radical (unpaired) electrons. The molecule has 0 spiro atoms. The Morgan fingerprint density at radius 2 is 1.69 bits per heavy atom. The second-order valence-electron chi connectivity index (χ2n) is 6.13. The average Bonchev–Trinajstić information content (AvgIpc) is 2.69. The minimum absolute atomic E-state index is 0.0167. The average molecular weight is 354 g/mol. The minimum atomic E-state index is -0.234. The predicted octanol–water partition coefficient (Wildman–Crippen LogP) is 2.48. The number of rotatable bonds is 5. The minimum Gasteiger partial charge on any atom is -0.484 e.